The zero-order valence-corrected chi connectivity index (χ0v) is 10.9. The molecule has 0 bridgehead atoms. The molecule has 1 saturated carbocycles. The van der Waals surface area contributed by atoms with Gasteiger partial charge in [-0.15, -0.1) is 0 Å². The van der Waals surface area contributed by atoms with E-state index < -0.39 is 0 Å². The predicted octanol–water partition coefficient (Wildman–Crippen LogP) is 0.870. The number of nitrogens with zero attached hydrogens (tertiary/aromatic N) is 2. The number of hydrogen-bond acceptors (Lipinski definition) is 3. The molecule has 3 heteroatoms. The van der Waals surface area contributed by atoms with Crippen LogP contribution in [-0.2, 0) is 0 Å². The van der Waals surface area contributed by atoms with Gasteiger partial charge in [-0.05, 0) is 38.3 Å². The minimum atomic E-state index is 0.896. The Kier molecular flexibility index (Phi) is 4.62. The van der Waals surface area contributed by atoms with Gasteiger partial charge in [0.05, 0.1) is 0 Å². The van der Waals surface area contributed by atoms with Crippen molar-refractivity contribution in [2.24, 2.45) is 11.8 Å². The average Bonchev–Trinajstić information content (AvgIpc) is 3.10. The second kappa shape index (κ2) is 5.99. The van der Waals surface area contributed by atoms with Crippen LogP contribution in [0.4, 0.5) is 0 Å². The van der Waals surface area contributed by atoms with Crippen LogP contribution in [0.15, 0.2) is 0 Å². The molecule has 2 aliphatic rings. The summed E-state index contributed by atoms with van der Waals surface area (Å²) in [6.45, 7) is 11.0. The quantitative estimate of drug-likeness (QED) is 0.677. The summed E-state index contributed by atoms with van der Waals surface area (Å²) in [5.41, 5.74) is 0. The minimum absolute atomic E-state index is 0.896. The van der Waals surface area contributed by atoms with Crippen LogP contribution in [0.1, 0.15) is 19.8 Å². The zero-order valence-electron chi connectivity index (χ0n) is 10.9. The predicted molar refractivity (Wildman–Crippen MR) is 68.7 cm³/mol. The van der Waals surface area contributed by atoms with E-state index in [1.165, 1.54) is 58.7 Å². The van der Waals surface area contributed by atoms with Crippen LogP contribution >= 0.6 is 0 Å². The van der Waals surface area contributed by atoms with E-state index in [1.54, 1.807) is 0 Å². The smallest absolute Gasteiger partial charge is 0.0110 e. The summed E-state index contributed by atoms with van der Waals surface area (Å²) in [6, 6.07) is 0. The van der Waals surface area contributed by atoms with Crippen LogP contribution in [0.5, 0.6) is 0 Å². The van der Waals surface area contributed by atoms with Crippen molar-refractivity contribution < 1.29 is 0 Å². The summed E-state index contributed by atoms with van der Waals surface area (Å²) in [6.07, 6.45) is 2.95. The first kappa shape index (κ1) is 12.3. The van der Waals surface area contributed by atoms with Gasteiger partial charge in [-0.3, -0.25) is 4.90 Å². The van der Waals surface area contributed by atoms with E-state index in [9.17, 15) is 0 Å². The first-order chi connectivity index (χ1) is 7.75. The number of likely N-dealkylation sites (N-methyl/N-ethyl adjacent to an activating group) is 1. The number of rotatable bonds is 6. The summed E-state index contributed by atoms with van der Waals surface area (Å²) in [4.78, 5) is 4.99. The normalized spacial score (nSPS) is 25.9. The fraction of sp³-hybridized carbons (Fsp3) is 1.00. The van der Waals surface area contributed by atoms with Crippen LogP contribution in [0.3, 0.4) is 0 Å². The molecule has 2 rings (SSSR count). The lowest BCUT2D eigenvalue weighted by Crippen LogP contribution is -2.46. The van der Waals surface area contributed by atoms with Gasteiger partial charge in [0, 0.05) is 39.3 Å². The SMILES string of the molecule is CC(CNCCN1CCN(C)CC1)C1CC1. The van der Waals surface area contributed by atoms with Crippen molar-refractivity contribution in [2.45, 2.75) is 19.8 Å². The molecular formula is C13H27N3. The Morgan fingerprint density at radius 3 is 2.50 bits per heavy atom. The second-order valence-corrected chi connectivity index (χ2v) is 5.66. The largest absolute Gasteiger partial charge is 0.315 e. The van der Waals surface area contributed by atoms with Gasteiger partial charge >= 0.3 is 0 Å². The van der Waals surface area contributed by atoms with Gasteiger partial charge in [0.15, 0.2) is 0 Å². The molecule has 0 aromatic carbocycles. The topological polar surface area (TPSA) is 18.5 Å². The van der Waals surface area contributed by atoms with Crippen molar-refractivity contribution in [1.29, 1.82) is 0 Å². The third-order valence-electron chi connectivity index (χ3n) is 4.09. The van der Waals surface area contributed by atoms with E-state index in [2.05, 4.69) is 29.1 Å². The number of nitrogens with one attached hydrogen (secondary N) is 1. The van der Waals surface area contributed by atoms with Crippen LogP contribution in [0, 0.1) is 11.8 Å². The maximum atomic E-state index is 3.61. The summed E-state index contributed by atoms with van der Waals surface area (Å²) < 4.78 is 0. The lowest BCUT2D eigenvalue weighted by molar-refractivity contribution is 0.154. The van der Waals surface area contributed by atoms with Gasteiger partial charge in [-0.1, -0.05) is 6.92 Å². The first-order valence-electron chi connectivity index (χ1n) is 6.87. The highest BCUT2D eigenvalue weighted by Gasteiger charge is 2.27. The Bertz CT molecular complexity index is 195. The number of hydrogen-bond donors (Lipinski definition) is 1. The molecule has 0 radical (unpaired) electrons. The minimum Gasteiger partial charge on any atom is -0.315 e. The molecule has 3 nitrogen and oxygen atoms in total. The summed E-state index contributed by atoms with van der Waals surface area (Å²) >= 11 is 0. The molecule has 0 spiro atoms. The molecule has 0 amide bonds. The van der Waals surface area contributed by atoms with Crippen molar-refractivity contribution in [3.05, 3.63) is 0 Å². The van der Waals surface area contributed by atoms with Crippen molar-refractivity contribution in [3.63, 3.8) is 0 Å². The van der Waals surface area contributed by atoms with E-state index in [4.69, 9.17) is 0 Å². The lowest BCUT2D eigenvalue weighted by atomic mass is 10.1. The van der Waals surface area contributed by atoms with E-state index in [-0.39, 0.29) is 0 Å². The maximum absolute atomic E-state index is 3.61. The molecule has 1 unspecified atom stereocenters. The molecule has 2 fully saturated rings. The van der Waals surface area contributed by atoms with Crippen molar-refractivity contribution >= 4 is 0 Å². The molecule has 1 saturated heterocycles. The summed E-state index contributed by atoms with van der Waals surface area (Å²) in [5, 5.41) is 3.61. The van der Waals surface area contributed by atoms with Crippen LogP contribution in [0.2, 0.25) is 0 Å². The summed E-state index contributed by atoms with van der Waals surface area (Å²) in [5.74, 6) is 1.93. The molecule has 1 N–H and O–H groups in total. The Hall–Kier alpha value is -0.120. The fourth-order valence-electron chi connectivity index (χ4n) is 2.47. The lowest BCUT2D eigenvalue weighted by Gasteiger charge is -2.32. The highest BCUT2D eigenvalue weighted by Crippen LogP contribution is 2.35. The van der Waals surface area contributed by atoms with E-state index >= 15 is 0 Å². The molecule has 0 aromatic rings. The molecular weight excluding hydrogens is 198 g/mol. The number of piperazine rings is 1. The third kappa shape index (κ3) is 4.04. The fourth-order valence-corrected chi connectivity index (χ4v) is 2.47. The average molecular weight is 225 g/mol. The molecule has 1 atom stereocenters. The van der Waals surface area contributed by atoms with Crippen LogP contribution in [-0.4, -0.2) is 62.7 Å². The van der Waals surface area contributed by atoms with Crippen molar-refractivity contribution in [3.8, 4) is 0 Å². The van der Waals surface area contributed by atoms with Crippen LogP contribution < -0.4 is 5.32 Å². The molecule has 1 heterocycles. The Labute approximate surface area is 100 Å². The second-order valence-electron chi connectivity index (χ2n) is 5.66. The van der Waals surface area contributed by atoms with E-state index in [0.29, 0.717) is 0 Å². The Morgan fingerprint density at radius 1 is 1.19 bits per heavy atom. The zero-order chi connectivity index (χ0) is 11.4. The monoisotopic (exact) mass is 225 g/mol. The van der Waals surface area contributed by atoms with Gasteiger partial charge in [0.1, 0.15) is 0 Å². The third-order valence-corrected chi connectivity index (χ3v) is 4.09. The van der Waals surface area contributed by atoms with Crippen LogP contribution in [0.25, 0.3) is 0 Å². The Morgan fingerprint density at radius 2 is 1.88 bits per heavy atom. The van der Waals surface area contributed by atoms with Gasteiger partial charge in [-0.2, -0.15) is 0 Å². The van der Waals surface area contributed by atoms with Crippen molar-refractivity contribution in [2.75, 3.05) is 52.9 Å². The molecule has 94 valence electrons. The van der Waals surface area contributed by atoms with Gasteiger partial charge < -0.3 is 10.2 Å². The standard InChI is InChI=1S/C13H27N3/c1-12(13-3-4-13)11-14-5-6-16-9-7-15(2)8-10-16/h12-14H,3-11H2,1-2H3. The summed E-state index contributed by atoms with van der Waals surface area (Å²) in [7, 11) is 2.22. The van der Waals surface area contributed by atoms with E-state index in [1.807, 2.05) is 0 Å². The highest BCUT2D eigenvalue weighted by molar-refractivity contribution is 4.80. The maximum Gasteiger partial charge on any atom is 0.0110 e. The van der Waals surface area contributed by atoms with Gasteiger partial charge in [0.25, 0.3) is 0 Å². The Balaban J connectivity index is 1.47. The molecule has 16 heavy (non-hydrogen) atoms. The van der Waals surface area contributed by atoms with Crippen molar-refractivity contribution in [1.82, 2.24) is 15.1 Å². The van der Waals surface area contributed by atoms with Gasteiger partial charge in [0.2, 0.25) is 0 Å². The first-order valence-corrected chi connectivity index (χ1v) is 6.87. The molecule has 1 aliphatic heterocycles. The van der Waals surface area contributed by atoms with E-state index in [0.717, 1.165) is 11.8 Å². The molecule has 1 aliphatic carbocycles. The highest BCUT2D eigenvalue weighted by atomic mass is 15.2. The van der Waals surface area contributed by atoms with Gasteiger partial charge in [-0.25, -0.2) is 0 Å². The molecule has 0 aromatic heterocycles.